The van der Waals surface area contributed by atoms with Crippen LogP contribution < -0.4 is 4.74 Å². The van der Waals surface area contributed by atoms with Crippen LogP contribution in [0.25, 0.3) is 11.1 Å². The van der Waals surface area contributed by atoms with Crippen molar-refractivity contribution in [2.24, 2.45) is 0 Å². The number of esters is 2. The lowest BCUT2D eigenvalue weighted by Gasteiger charge is -2.07. The lowest BCUT2D eigenvalue weighted by Crippen LogP contribution is -2.09. The number of fused-ring (bicyclic) bond motifs is 1. The van der Waals surface area contributed by atoms with Crippen molar-refractivity contribution in [2.45, 2.75) is 13.8 Å². The SMILES string of the molecule is CCOC(=O)c1c2cccccc-2c(C(=O)OC)c1OCC. The van der Waals surface area contributed by atoms with E-state index in [0.29, 0.717) is 17.7 Å². The summed E-state index contributed by atoms with van der Waals surface area (Å²) in [5.74, 6) is -0.846. The van der Waals surface area contributed by atoms with Crippen LogP contribution in [-0.4, -0.2) is 32.3 Å². The van der Waals surface area contributed by atoms with Crippen LogP contribution in [0.4, 0.5) is 0 Å². The van der Waals surface area contributed by atoms with Crippen LogP contribution in [0.15, 0.2) is 30.3 Å². The normalized spacial score (nSPS) is 10.3. The van der Waals surface area contributed by atoms with Crippen LogP contribution >= 0.6 is 0 Å². The molecule has 0 aromatic heterocycles. The number of carbonyl (C=O) groups excluding carboxylic acids is 2. The Hall–Kier alpha value is -2.56. The Morgan fingerprint density at radius 3 is 2.00 bits per heavy atom. The van der Waals surface area contributed by atoms with Gasteiger partial charge >= 0.3 is 11.9 Å². The van der Waals surface area contributed by atoms with Crippen molar-refractivity contribution < 1.29 is 23.8 Å². The average Bonchev–Trinajstić information content (AvgIpc) is 2.65. The third-order valence-electron chi connectivity index (χ3n) is 3.19. The summed E-state index contributed by atoms with van der Waals surface area (Å²) >= 11 is 0. The lowest BCUT2D eigenvalue weighted by atomic mass is 10.1. The molecule has 0 heterocycles. The Morgan fingerprint density at radius 1 is 0.909 bits per heavy atom. The van der Waals surface area contributed by atoms with Gasteiger partial charge in [-0.1, -0.05) is 30.3 Å². The predicted molar refractivity (Wildman–Crippen MR) is 81.5 cm³/mol. The molecule has 5 nitrogen and oxygen atoms in total. The zero-order valence-corrected chi connectivity index (χ0v) is 12.8. The summed E-state index contributed by atoms with van der Waals surface area (Å²) in [4.78, 5) is 24.5. The highest BCUT2D eigenvalue weighted by molar-refractivity contribution is 6.12. The van der Waals surface area contributed by atoms with Crippen molar-refractivity contribution in [3.05, 3.63) is 41.5 Å². The van der Waals surface area contributed by atoms with E-state index in [1.165, 1.54) is 7.11 Å². The molecule has 0 radical (unpaired) electrons. The molecule has 0 bridgehead atoms. The minimum atomic E-state index is -0.546. The van der Waals surface area contributed by atoms with Crippen molar-refractivity contribution in [1.29, 1.82) is 0 Å². The van der Waals surface area contributed by atoms with Crippen LogP contribution in [-0.2, 0) is 9.47 Å². The molecule has 0 aromatic carbocycles. The van der Waals surface area contributed by atoms with Crippen molar-refractivity contribution in [3.8, 4) is 16.9 Å². The van der Waals surface area contributed by atoms with E-state index in [1.54, 1.807) is 38.1 Å². The Bertz CT molecular complexity index is 662. The van der Waals surface area contributed by atoms with Gasteiger partial charge in [0.25, 0.3) is 0 Å². The number of rotatable bonds is 5. The van der Waals surface area contributed by atoms with Gasteiger partial charge in [0.05, 0.1) is 20.3 Å². The standard InChI is InChI=1S/C17H18O5/c1-4-21-15-13(16(18)20-3)11-9-7-6-8-10-12(11)14(15)17(19)22-5-2/h6-10H,4-5H2,1-3H3. The highest BCUT2D eigenvalue weighted by atomic mass is 16.5. The van der Waals surface area contributed by atoms with Gasteiger partial charge in [0.15, 0.2) is 0 Å². The molecule has 0 atom stereocenters. The fourth-order valence-electron chi connectivity index (χ4n) is 2.35. The molecule has 0 saturated heterocycles. The van der Waals surface area contributed by atoms with E-state index in [9.17, 15) is 9.59 Å². The monoisotopic (exact) mass is 302 g/mol. The number of ether oxygens (including phenoxy) is 3. The Labute approximate surface area is 129 Å². The second-order valence-corrected chi connectivity index (χ2v) is 4.46. The summed E-state index contributed by atoms with van der Waals surface area (Å²) in [6.45, 7) is 4.07. The van der Waals surface area contributed by atoms with Crippen LogP contribution in [0.3, 0.4) is 0 Å². The fraction of sp³-hybridized carbons (Fsp3) is 0.294. The molecule has 0 unspecified atom stereocenters. The van der Waals surface area contributed by atoms with E-state index >= 15 is 0 Å². The van der Waals surface area contributed by atoms with Gasteiger partial charge in [-0.05, 0) is 13.8 Å². The van der Waals surface area contributed by atoms with Crippen molar-refractivity contribution in [3.63, 3.8) is 0 Å². The zero-order chi connectivity index (χ0) is 16.1. The second kappa shape index (κ2) is 6.93. The first kappa shape index (κ1) is 15.8. The minimum Gasteiger partial charge on any atom is -0.492 e. The molecule has 0 spiro atoms. The summed E-state index contributed by atoms with van der Waals surface area (Å²) in [5.41, 5.74) is 1.71. The zero-order valence-electron chi connectivity index (χ0n) is 12.8. The molecule has 0 fully saturated rings. The van der Waals surface area contributed by atoms with Gasteiger partial charge in [0.2, 0.25) is 0 Å². The van der Waals surface area contributed by atoms with E-state index < -0.39 is 11.9 Å². The Balaban J connectivity index is 2.79. The van der Waals surface area contributed by atoms with Crippen LogP contribution in [0.2, 0.25) is 0 Å². The topological polar surface area (TPSA) is 61.8 Å². The quantitative estimate of drug-likeness (QED) is 0.794. The predicted octanol–water partition coefficient (Wildman–Crippen LogP) is 3.15. The molecule has 2 aliphatic rings. The van der Waals surface area contributed by atoms with Gasteiger partial charge in [0.1, 0.15) is 16.9 Å². The molecule has 2 rings (SSSR count). The molecule has 0 aliphatic heterocycles. The molecule has 22 heavy (non-hydrogen) atoms. The van der Waals surface area contributed by atoms with Gasteiger partial charge in [-0.2, -0.15) is 0 Å². The molecule has 116 valence electrons. The lowest BCUT2D eigenvalue weighted by molar-refractivity contribution is 0.0523. The summed E-state index contributed by atoms with van der Waals surface area (Å²) < 4.78 is 15.5. The van der Waals surface area contributed by atoms with Gasteiger partial charge in [-0.25, -0.2) is 9.59 Å². The van der Waals surface area contributed by atoms with Crippen molar-refractivity contribution in [1.82, 2.24) is 0 Å². The maximum absolute atomic E-state index is 12.3. The second-order valence-electron chi connectivity index (χ2n) is 4.46. The van der Waals surface area contributed by atoms with Crippen LogP contribution in [0.5, 0.6) is 5.75 Å². The Kier molecular flexibility index (Phi) is 4.99. The first-order valence-electron chi connectivity index (χ1n) is 7.08. The molecule has 5 heteroatoms. The van der Waals surface area contributed by atoms with Gasteiger partial charge < -0.3 is 14.2 Å². The molecular weight excluding hydrogens is 284 g/mol. The van der Waals surface area contributed by atoms with Crippen molar-refractivity contribution >= 4 is 11.9 Å². The summed E-state index contributed by atoms with van der Waals surface area (Å²) in [7, 11) is 1.30. The van der Waals surface area contributed by atoms with E-state index in [2.05, 4.69) is 0 Å². The maximum Gasteiger partial charge on any atom is 0.342 e. The third-order valence-corrected chi connectivity index (χ3v) is 3.19. The molecule has 0 saturated carbocycles. The summed E-state index contributed by atoms with van der Waals surface area (Å²) in [6, 6.07) is 8.92. The molecular formula is C17H18O5. The highest BCUT2D eigenvalue weighted by Crippen LogP contribution is 2.42. The number of carbonyl (C=O) groups is 2. The smallest absolute Gasteiger partial charge is 0.342 e. The molecule has 0 amide bonds. The third kappa shape index (κ3) is 2.74. The molecule has 2 aliphatic carbocycles. The number of hydrogen-bond acceptors (Lipinski definition) is 5. The van der Waals surface area contributed by atoms with Gasteiger partial charge in [0, 0.05) is 11.1 Å². The van der Waals surface area contributed by atoms with Crippen LogP contribution in [0, 0.1) is 0 Å². The summed E-state index contributed by atoms with van der Waals surface area (Å²) in [6.07, 6.45) is 0. The fourth-order valence-corrected chi connectivity index (χ4v) is 2.35. The van der Waals surface area contributed by atoms with Crippen LogP contribution in [0.1, 0.15) is 34.6 Å². The van der Waals surface area contributed by atoms with E-state index in [1.807, 2.05) is 6.07 Å². The largest absolute Gasteiger partial charge is 0.492 e. The Morgan fingerprint density at radius 2 is 1.50 bits per heavy atom. The van der Waals surface area contributed by atoms with E-state index in [4.69, 9.17) is 14.2 Å². The van der Waals surface area contributed by atoms with Gasteiger partial charge in [-0.3, -0.25) is 0 Å². The first-order chi connectivity index (χ1) is 10.7. The van der Waals surface area contributed by atoms with Crippen molar-refractivity contribution in [2.75, 3.05) is 20.3 Å². The number of hydrogen-bond donors (Lipinski definition) is 0. The molecule has 0 N–H and O–H groups in total. The summed E-state index contributed by atoms with van der Waals surface area (Å²) in [5, 5.41) is 0. The maximum atomic E-state index is 12.3. The number of methoxy groups -OCH3 is 1. The van der Waals surface area contributed by atoms with E-state index in [0.717, 1.165) is 0 Å². The van der Waals surface area contributed by atoms with E-state index in [-0.39, 0.29) is 23.5 Å². The molecule has 0 aromatic rings. The minimum absolute atomic E-state index is 0.217. The average molecular weight is 302 g/mol. The highest BCUT2D eigenvalue weighted by Gasteiger charge is 2.32. The van der Waals surface area contributed by atoms with Gasteiger partial charge in [-0.15, -0.1) is 0 Å². The first-order valence-corrected chi connectivity index (χ1v) is 7.08.